The Labute approximate surface area is 145 Å². The summed E-state index contributed by atoms with van der Waals surface area (Å²) in [5.41, 5.74) is -0.596. The molecule has 1 saturated heterocycles. The van der Waals surface area contributed by atoms with Crippen molar-refractivity contribution in [3.05, 3.63) is 34.4 Å². The van der Waals surface area contributed by atoms with Crippen molar-refractivity contribution in [1.29, 1.82) is 0 Å². The van der Waals surface area contributed by atoms with Crippen LogP contribution in [-0.4, -0.2) is 40.6 Å². The van der Waals surface area contributed by atoms with Crippen LogP contribution >= 0.6 is 0 Å². The van der Waals surface area contributed by atoms with Gasteiger partial charge in [0.25, 0.3) is 5.69 Å². The number of hydrogen-bond donors (Lipinski definition) is 0. The fourth-order valence-corrected chi connectivity index (χ4v) is 2.48. The minimum Gasteiger partial charge on any atom is -0.460 e. The van der Waals surface area contributed by atoms with E-state index in [9.17, 15) is 19.7 Å². The number of piperidine rings is 1. The number of nitro benzene ring substituents is 1. The van der Waals surface area contributed by atoms with Crippen LogP contribution in [0.25, 0.3) is 0 Å². The highest BCUT2D eigenvalue weighted by molar-refractivity contribution is 5.74. The molecular weight excluding hydrogens is 328 g/mol. The molecule has 0 aromatic heterocycles. The second-order valence-corrected chi connectivity index (χ2v) is 6.91. The first-order valence-electron chi connectivity index (χ1n) is 8.10. The lowest BCUT2D eigenvalue weighted by Crippen LogP contribution is -2.42. The molecule has 1 aromatic carbocycles. The summed E-state index contributed by atoms with van der Waals surface area (Å²) in [6.45, 7) is 6.26. The molecule has 8 heteroatoms. The van der Waals surface area contributed by atoms with Crippen LogP contribution in [0.3, 0.4) is 0 Å². The van der Waals surface area contributed by atoms with Crippen molar-refractivity contribution in [2.45, 2.75) is 39.2 Å². The molecule has 0 bridgehead atoms. The standard InChI is InChI=1S/C17H22N2O6/c1-17(2,3)25-15(20)12-8-10-18(11-9-12)16(21)24-14-6-4-13(5-7-14)19(22)23/h4-7,12H,8-11H2,1-3H3. The molecule has 2 rings (SSSR count). The summed E-state index contributed by atoms with van der Waals surface area (Å²) < 4.78 is 10.6. The third-order valence-corrected chi connectivity index (χ3v) is 3.75. The Morgan fingerprint density at radius 2 is 1.72 bits per heavy atom. The van der Waals surface area contributed by atoms with Crippen molar-refractivity contribution in [3.8, 4) is 5.75 Å². The van der Waals surface area contributed by atoms with E-state index in [-0.39, 0.29) is 23.3 Å². The fourth-order valence-electron chi connectivity index (χ4n) is 2.48. The minimum atomic E-state index is -0.531. The first-order chi connectivity index (χ1) is 11.7. The number of nitro groups is 1. The highest BCUT2D eigenvalue weighted by atomic mass is 16.6. The molecule has 1 fully saturated rings. The third kappa shape index (κ3) is 5.44. The molecule has 1 aromatic rings. The van der Waals surface area contributed by atoms with Crippen molar-refractivity contribution in [2.24, 2.45) is 5.92 Å². The predicted molar refractivity (Wildman–Crippen MR) is 89.3 cm³/mol. The summed E-state index contributed by atoms with van der Waals surface area (Å²) in [7, 11) is 0. The number of benzene rings is 1. The number of likely N-dealkylation sites (tertiary alicyclic amines) is 1. The SMILES string of the molecule is CC(C)(C)OC(=O)C1CCN(C(=O)Oc2ccc([N+](=O)[O-])cc2)CC1. The first-order valence-corrected chi connectivity index (χ1v) is 8.10. The van der Waals surface area contributed by atoms with Gasteiger partial charge in [0.15, 0.2) is 0 Å². The van der Waals surface area contributed by atoms with E-state index < -0.39 is 16.6 Å². The number of hydrogen-bond acceptors (Lipinski definition) is 6. The van der Waals surface area contributed by atoms with Crippen molar-refractivity contribution in [1.82, 2.24) is 4.90 Å². The zero-order valence-corrected chi connectivity index (χ0v) is 14.6. The minimum absolute atomic E-state index is 0.0713. The van der Waals surface area contributed by atoms with Gasteiger partial charge in [0, 0.05) is 25.2 Å². The molecule has 0 atom stereocenters. The van der Waals surface area contributed by atoms with Gasteiger partial charge in [-0.3, -0.25) is 14.9 Å². The van der Waals surface area contributed by atoms with Crippen LogP contribution in [0, 0.1) is 16.0 Å². The molecule has 1 aliphatic heterocycles. The van der Waals surface area contributed by atoms with E-state index in [0.29, 0.717) is 25.9 Å². The van der Waals surface area contributed by atoms with E-state index in [0.717, 1.165) is 0 Å². The van der Waals surface area contributed by atoms with Crippen LogP contribution in [0.5, 0.6) is 5.75 Å². The summed E-state index contributed by atoms with van der Waals surface area (Å²) in [6.07, 6.45) is 0.505. The van der Waals surface area contributed by atoms with E-state index >= 15 is 0 Å². The topological polar surface area (TPSA) is 99.0 Å². The van der Waals surface area contributed by atoms with E-state index in [2.05, 4.69) is 0 Å². The number of esters is 1. The van der Waals surface area contributed by atoms with Crippen LogP contribution in [-0.2, 0) is 9.53 Å². The van der Waals surface area contributed by atoms with Crippen molar-refractivity contribution >= 4 is 17.7 Å². The van der Waals surface area contributed by atoms with Gasteiger partial charge in [-0.05, 0) is 45.7 Å². The highest BCUT2D eigenvalue weighted by Gasteiger charge is 2.31. The summed E-state index contributed by atoms with van der Waals surface area (Å²) >= 11 is 0. The van der Waals surface area contributed by atoms with Crippen LogP contribution in [0.2, 0.25) is 0 Å². The molecule has 0 N–H and O–H groups in total. The molecule has 0 saturated carbocycles. The second-order valence-electron chi connectivity index (χ2n) is 6.91. The predicted octanol–water partition coefficient (Wildman–Crippen LogP) is 3.15. The lowest BCUT2D eigenvalue weighted by Gasteiger charge is -2.31. The van der Waals surface area contributed by atoms with Crippen LogP contribution in [0.15, 0.2) is 24.3 Å². The van der Waals surface area contributed by atoms with Crippen LogP contribution < -0.4 is 4.74 Å². The van der Waals surface area contributed by atoms with E-state index in [4.69, 9.17) is 9.47 Å². The average molecular weight is 350 g/mol. The summed E-state index contributed by atoms with van der Waals surface area (Å²) in [4.78, 5) is 35.8. The number of amides is 1. The molecule has 8 nitrogen and oxygen atoms in total. The first kappa shape index (κ1) is 18.7. The Hall–Kier alpha value is -2.64. The molecule has 1 amide bonds. The number of carbonyl (C=O) groups excluding carboxylic acids is 2. The number of ether oxygens (including phenoxy) is 2. The molecular formula is C17H22N2O6. The van der Waals surface area contributed by atoms with Gasteiger partial charge in [-0.25, -0.2) is 4.79 Å². The quantitative estimate of drug-likeness (QED) is 0.472. The maximum atomic E-state index is 12.1. The molecule has 1 heterocycles. The molecule has 0 aliphatic carbocycles. The Morgan fingerprint density at radius 3 is 2.20 bits per heavy atom. The van der Waals surface area contributed by atoms with E-state index in [1.807, 2.05) is 20.8 Å². The second kappa shape index (κ2) is 7.50. The van der Waals surface area contributed by atoms with E-state index in [1.54, 1.807) is 0 Å². The average Bonchev–Trinajstić information content (AvgIpc) is 2.54. The largest absolute Gasteiger partial charge is 0.460 e. The molecule has 1 aliphatic rings. The van der Waals surface area contributed by atoms with Gasteiger partial charge in [0.2, 0.25) is 0 Å². The van der Waals surface area contributed by atoms with Gasteiger partial charge in [-0.15, -0.1) is 0 Å². The third-order valence-electron chi connectivity index (χ3n) is 3.75. The van der Waals surface area contributed by atoms with Gasteiger partial charge in [0.1, 0.15) is 11.4 Å². The number of nitrogens with zero attached hydrogens (tertiary/aromatic N) is 2. The van der Waals surface area contributed by atoms with Gasteiger partial charge < -0.3 is 14.4 Å². The van der Waals surface area contributed by atoms with Gasteiger partial charge in [-0.2, -0.15) is 0 Å². The molecule has 0 unspecified atom stereocenters. The van der Waals surface area contributed by atoms with Crippen molar-refractivity contribution in [3.63, 3.8) is 0 Å². The van der Waals surface area contributed by atoms with Crippen molar-refractivity contribution in [2.75, 3.05) is 13.1 Å². The molecule has 25 heavy (non-hydrogen) atoms. The van der Waals surface area contributed by atoms with Crippen molar-refractivity contribution < 1.29 is 24.0 Å². The van der Waals surface area contributed by atoms with E-state index in [1.165, 1.54) is 29.2 Å². The summed E-state index contributed by atoms with van der Waals surface area (Å²) in [5, 5.41) is 10.6. The lowest BCUT2D eigenvalue weighted by molar-refractivity contribution is -0.384. The van der Waals surface area contributed by atoms with Gasteiger partial charge in [0.05, 0.1) is 10.8 Å². The zero-order valence-electron chi connectivity index (χ0n) is 14.6. The van der Waals surface area contributed by atoms with Crippen LogP contribution in [0.1, 0.15) is 33.6 Å². The fraction of sp³-hybridized carbons (Fsp3) is 0.529. The number of non-ortho nitro benzene ring substituents is 1. The van der Waals surface area contributed by atoms with Crippen LogP contribution in [0.4, 0.5) is 10.5 Å². The Balaban J connectivity index is 1.84. The monoisotopic (exact) mass is 350 g/mol. The summed E-state index contributed by atoms with van der Waals surface area (Å²) in [5.74, 6) is -0.219. The lowest BCUT2D eigenvalue weighted by atomic mass is 9.97. The van der Waals surface area contributed by atoms with Gasteiger partial charge >= 0.3 is 12.1 Å². The maximum Gasteiger partial charge on any atom is 0.415 e. The smallest absolute Gasteiger partial charge is 0.415 e. The summed E-state index contributed by atoms with van der Waals surface area (Å²) in [6, 6.07) is 5.31. The molecule has 0 radical (unpaired) electrons. The maximum absolute atomic E-state index is 12.1. The highest BCUT2D eigenvalue weighted by Crippen LogP contribution is 2.23. The zero-order chi connectivity index (χ0) is 18.6. The normalized spacial score (nSPS) is 15.6. The number of carbonyl (C=O) groups is 2. The Bertz CT molecular complexity index is 642. The molecule has 136 valence electrons. The molecule has 0 spiro atoms. The Morgan fingerprint density at radius 1 is 1.16 bits per heavy atom. The van der Waals surface area contributed by atoms with Gasteiger partial charge in [-0.1, -0.05) is 0 Å². The Kier molecular flexibility index (Phi) is 5.61. The number of rotatable bonds is 3.